The lowest BCUT2D eigenvalue weighted by molar-refractivity contribution is 0.362. The lowest BCUT2D eigenvalue weighted by atomic mass is 9.89. The molecule has 0 saturated carbocycles. The van der Waals surface area contributed by atoms with E-state index in [0.29, 0.717) is 32.7 Å². The highest BCUT2D eigenvalue weighted by Gasteiger charge is 2.41. The van der Waals surface area contributed by atoms with Gasteiger partial charge in [0, 0.05) is 32.1 Å². The fourth-order valence-electron chi connectivity index (χ4n) is 3.77. The molecule has 2 aliphatic heterocycles. The van der Waals surface area contributed by atoms with E-state index in [1.807, 2.05) is 18.2 Å². The van der Waals surface area contributed by atoms with Crippen molar-refractivity contribution in [2.75, 3.05) is 32.7 Å². The van der Waals surface area contributed by atoms with Crippen LogP contribution < -0.4 is 5.73 Å². The van der Waals surface area contributed by atoms with Crippen molar-refractivity contribution in [3.05, 3.63) is 35.9 Å². The molecule has 0 aliphatic carbocycles. The highest BCUT2D eigenvalue weighted by Crippen LogP contribution is 2.34. The van der Waals surface area contributed by atoms with Crippen LogP contribution in [0, 0.1) is 5.92 Å². The Morgan fingerprint density at radius 1 is 0.958 bits per heavy atom. The van der Waals surface area contributed by atoms with Gasteiger partial charge in [0.25, 0.3) is 10.2 Å². The van der Waals surface area contributed by atoms with Crippen molar-refractivity contribution in [1.29, 1.82) is 0 Å². The second kappa shape index (κ2) is 8.63. The summed E-state index contributed by atoms with van der Waals surface area (Å²) in [4.78, 5) is 0. The molecule has 1 aromatic rings. The Balaban J connectivity index is 0.00000208. The van der Waals surface area contributed by atoms with Crippen molar-refractivity contribution in [1.82, 2.24) is 8.61 Å². The van der Waals surface area contributed by atoms with Crippen LogP contribution in [0.2, 0.25) is 0 Å². The molecule has 0 amide bonds. The maximum absolute atomic E-state index is 13.0. The van der Waals surface area contributed by atoms with Gasteiger partial charge in [0.05, 0.1) is 0 Å². The summed E-state index contributed by atoms with van der Waals surface area (Å²) < 4.78 is 29.3. The molecule has 2 heterocycles. The minimum Gasteiger partial charge on any atom is -0.330 e. The van der Waals surface area contributed by atoms with Gasteiger partial charge in [-0.3, -0.25) is 0 Å². The smallest absolute Gasteiger partial charge is 0.282 e. The lowest BCUT2D eigenvalue weighted by Gasteiger charge is -2.26. The largest absolute Gasteiger partial charge is 0.330 e. The van der Waals surface area contributed by atoms with Gasteiger partial charge in [-0.25, -0.2) is 0 Å². The standard InChI is InChI=1S/C17H27N3O2S.ClH/c18-12-16-13-20(14-17(16)15-8-4-3-5-9-15)23(21,22)19-10-6-1-2-7-11-19;/h3-5,8-9,16-17H,1-2,6-7,10-14,18H2;1H/t16-,17+;/m1./s1. The van der Waals surface area contributed by atoms with Crippen LogP contribution in [-0.2, 0) is 10.2 Å². The Hall–Kier alpha value is -0.660. The summed E-state index contributed by atoms with van der Waals surface area (Å²) in [5, 5.41) is 0. The molecule has 0 radical (unpaired) electrons. The van der Waals surface area contributed by atoms with Gasteiger partial charge in [-0.15, -0.1) is 12.4 Å². The van der Waals surface area contributed by atoms with E-state index in [1.54, 1.807) is 8.61 Å². The molecule has 2 fully saturated rings. The average Bonchev–Trinajstić information content (AvgIpc) is 2.82. The Bertz CT molecular complexity index is 604. The fourth-order valence-corrected chi connectivity index (χ4v) is 5.55. The van der Waals surface area contributed by atoms with Gasteiger partial charge in [0.1, 0.15) is 0 Å². The minimum absolute atomic E-state index is 0. The van der Waals surface area contributed by atoms with Crippen LogP contribution >= 0.6 is 12.4 Å². The molecule has 7 heteroatoms. The first-order valence-electron chi connectivity index (χ1n) is 8.63. The van der Waals surface area contributed by atoms with Gasteiger partial charge in [-0.1, -0.05) is 43.2 Å². The molecule has 2 saturated heterocycles. The third kappa shape index (κ3) is 4.11. The Morgan fingerprint density at radius 3 is 2.17 bits per heavy atom. The molecule has 0 unspecified atom stereocenters. The van der Waals surface area contributed by atoms with Crippen molar-refractivity contribution >= 4 is 22.6 Å². The van der Waals surface area contributed by atoms with Crippen LogP contribution in [0.25, 0.3) is 0 Å². The molecule has 1 aromatic carbocycles. The van der Waals surface area contributed by atoms with Gasteiger partial charge < -0.3 is 5.73 Å². The zero-order valence-corrected chi connectivity index (χ0v) is 15.6. The van der Waals surface area contributed by atoms with Crippen molar-refractivity contribution in [2.24, 2.45) is 11.7 Å². The Kier molecular flexibility index (Phi) is 7.07. The van der Waals surface area contributed by atoms with Gasteiger partial charge in [0.15, 0.2) is 0 Å². The molecule has 3 rings (SSSR count). The van der Waals surface area contributed by atoms with Crippen LogP contribution in [0.4, 0.5) is 0 Å². The van der Waals surface area contributed by atoms with Crippen LogP contribution in [0.1, 0.15) is 37.2 Å². The molecule has 0 spiro atoms. The first-order chi connectivity index (χ1) is 11.1. The molecule has 2 atom stereocenters. The van der Waals surface area contributed by atoms with Crippen molar-refractivity contribution < 1.29 is 8.42 Å². The second-order valence-electron chi connectivity index (χ2n) is 6.65. The first-order valence-corrected chi connectivity index (χ1v) is 10.0. The topological polar surface area (TPSA) is 66.6 Å². The van der Waals surface area contributed by atoms with E-state index in [9.17, 15) is 8.42 Å². The number of halogens is 1. The molecular weight excluding hydrogens is 346 g/mol. The molecule has 2 N–H and O–H groups in total. The van der Waals surface area contributed by atoms with E-state index in [-0.39, 0.29) is 24.2 Å². The number of nitrogens with zero attached hydrogens (tertiary/aromatic N) is 2. The zero-order chi connectivity index (χ0) is 16.3. The third-order valence-electron chi connectivity index (χ3n) is 5.16. The monoisotopic (exact) mass is 373 g/mol. The maximum Gasteiger partial charge on any atom is 0.282 e. The maximum atomic E-state index is 13.0. The predicted molar refractivity (Wildman–Crippen MR) is 99.5 cm³/mol. The number of nitrogens with two attached hydrogens (primary N) is 1. The summed E-state index contributed by atoms with van der Waals surface area (Å²) in [6.45, 7) is 2.91. The van der Waals surface area contributed by atoms with Crippen LogP contribution in [0.15, 0.2) is 30.3 Å². The van der Waals surface area contributed by atoms with E-state index in [4.69, 9.17) is 5.73 Å². The molecular formula is C17H28ClN3O2S. The summed E-state index contributed by atoms with van der Waals surface area (Å²) in [5.74, 6) is 0.391. The number of hydrogen-bond acceptors (Lipinski definition) is 3. The van der Waals surface area contributed by atoms with Gasteiger partial charge in [-0.05, 0) is 30.9 Å². The molecule has 2 aliphatic rings. The fraction of sp³-hybridized carbons (Fsp3) is 0.647. The first kappa shape index (κ1) is 19.7. The Labute approximate surface area is 151 Å². The van der Waals surface area contributed by atoms with Gasteiger partial charge in [0.2, 0.25) is 0 Å². The second-order valence-corrected chi connectivity index (χ2v) is 8.58. The van der Waals surface area contributed by atoms with Crippen LogP contribution in [-0.4, -0.2) is 49.8 Å². The lowest BCUT2D eigenvalue weighted by Crippen LogP contribution is -2.43. The van der Waals surface area contributed by atoms with E-state index >= 15 is 0 Å². The van der Waals surface area contributed by atoms with Crippen molar-refractivity contribution in [2.45, 2.75) is 31.6 Å². The van der Waals surface area contributed by atoms with Crippen LogP contribution in [0.3, 0.4) is 0 Å². The van der Waals surface area contributed by atoms with E-state index < -0.39 is 10.2 Å². The molecule has 0 bridgehead atoms. The van der Waals surface area contributed by atoms with Crippen molar-refractivity contribution in [3.8, 4) is 0 Å². The molecule has 5 nitrogen and oxygen atoms in total. The van der Waals surface area contributed by atoms with Gasteiger partial charge >= 0.3 is 0 Å². The summed E-state index contributed by atoms with van der Waals surface area (Å²) in [6, 6.07) is 10.2. The van der Waals surface area contributed by atoms with Crippen LogP contribution in [0.5, 0.6) is 0 Å². The normalized spacial score (nSPS) is 26.7. The summed E-state index contributed by atoms with van der Waals surface area (Å²) >= 11 is 0. The average molecular weight is 374 g/mol. The summed E-state index contributed by atoms with van der Waals surface area (Å²) in [6.07, 6.45) is 4.19. The Morgan fingerprint density at radius 2 is 1.58 bits per heavy atom. The zero-order valence-electron chi connectivity index (χ0n) is 14.0. The van der Waals surface area contributed by atoms with Crippen molar-refractivity contribution in [3.63, 3.8) is 0 Å². The molecule has 24 heavy (non-hydrogen) atoms. The van der Waals surface area contributed by atoms with E-state index in [0.717, 1.165) is 25.7 Å². The van der Waals surface area contributed by atoms with Gasteiger partial charge in [-0.2, -0.15) is 17.0 Å². The predicted octanol–water partition coefficient (Wildman–Crippen LogP) is 2.20. The molecule has 136 valence electrons. The highest BCUT2D eigenvalue weighted by atomic mass is 35.5. The highest BCUT2D eigenvalue weighted by molar-refractivity contribution is 7.86. The summed E-state index contributed by atoms with van der Waals surface area (Å²) in [7, 11) is -3.36. The third-order valence-corrected chi connectivity index (χ3v) is 7.12. The number of benzene rings is 1. The quantitative estimate of drug-likeness (QED) is 0.879. The number of rotatable bonds is 4. The number of hydrogen-bond donors (Lipinski definition) is 1. The molecule has 0 aromatic heterocycles. The SMILES string of the molecule is Cl.NC[C@@H]1CN(S(=O)(=O)N2CCCCCC2)C[C@H]1c1ccccc1. The van der Waals surface area contributed by atoms with E-state index in [2.05, 4.69) is 12.1 Å². The summed E-state index contributed by atoms with van der Waals surface area (Å²) in [5.41, 5.74) is 7.13. The van der Waals surface area contributed by atoms with E-state index in [1.165, 1.54) is 5.56 Å². The minimum atomic E-state index is -3.36.